The molecule has 0 fully saturated rings. The van der Waals surface area contributed by atoms with Gasteiger partial charge in [-0.2, -0.15) is 0 Å². The average Bonchev–Trinajstić information content (AvgIpc) is 2.33. The van der Waals surface area contributed by atoms with Crippen LogP contribution in [0.3, 0.4) is 0 Å². The molecule has 100 valence electrons. The zero-order valence-electron chi connectivity index (χ0n) is 10.6. The molecule has 1 aromatic heterocycles. The molecular weight excluding hydrogens is 254 g/mol. The van der Waals surface area contributed by atoms with E-state index in [1.807, 2.05) is 19.0 Å². The van der Waals surface area contributed by atoms with Crippen molar-refractivity contribution in [3.8, 4) is 0 Å². The Morgan fingerprint density at radius 2 is 2.22 bits per heavy atom. The van der Waals surface area contributed by atoms with Gasteiger partial charge in [-0.3, -0.25) is 4.79 Å². The maximum Gasteiger partial charge on any atom is 0.270 e. The maximum absolute atomic E-state index is 11.6. The number of aromatic nitrogens is 1. The van der Waals surface area contributed by atoms with Gasteiger partial charge in [0.2, 0.25) is 0 Å². The number of hydrogen-bond donors (Lipinski definition) is 1. The minimum atomic E-state index is -0.242. The quantitative estimate of drug-likeness (QED) is 0.595. The number of nitrogens with one attached hydrogen (secondary N) is 1. The summed E-state index contributed by atoms with van der Waals surface area (Å²) in [7, 11) is 3.96. The van der Waals surface area contributed by atoms with Gasteiger partial charge in [-0.25, -0.2) is 4.98 Å². The third-order valence-corrected chi connectivity index (χ3v) is 2.37. The third-order valence-electron chi connectivity index (χ3n) is 2.16. The van der Waals surface area contributed by atoms with E-state index in [9.17, 15) is 4.79 Å². The monoisotopic (exact) mass is 271 g/mol. The predicted molar refractivity (Wildman–Crippen MR) is 71.0 cm³/mol. The van der Waals surface area contributed by atoms with Crippen LogP contribution in [0.2, 0.25) is 5.15 Å². The SMILES string of the molecule is CN(C)CCOCCNC(=O)c1cccc(Cl)n1. The van der Waals surface area contributed by atoms with E-state index >= 15 is 0 Å². The molecule has 1 N–H and O–H groups in total. The van der Waals surface area contributed by atoms with Crippen molar-refractivity contribution in [1.29, 1.82) is 0 Å². The van der Waals surface area contributed by atoms with E-state index in [1.54, 1.807) is 18.2 Å². The van der Waals surface area contributed by atoms with Gasteiger partial charge in [0.15, 0.2) is 0 Å². The highest BCUT2D eigenvalue weighted by molar-refractivity contribution is 6.29. The molecule has 1 rings (SSSR count). The van der Waals surface area contributed by atoms with Crippen LogP contribution in [0, 0.1) is 0 Å². The minimum Gasteiger partial charge on any atom is -0.378 e. The van der Waals surface area contributed by atoms with E-state index in [0.717, 1.165) is 6.54 Å². The molecule has 0 radical (unpaired) electrons. The van der Waals surface area contributed by atoms with Crippen LogP contribution in [0.4, 0.5) is 0 Å². The van der Waals surface area contributed by atoms with E-state index in [2.05, 4.69) is 10.3 Å². The van der Waals surface area contributed by atoms with E-state index in [-0.39, 0.29) is 5.91 Å². The standard InChI is InChI=1S/C12H18ClN3O2/c1-16(2)7-9-18-8-6-14-12(17)10-4-3-5-11(13)15-10/h3-5H,6-9H2,1-2H3,(H,14,17). The van der Waals surface area contributed by atoms with Crippen LogP contribution in [0.5, 0.6) is 0 Å². The second kappa shape index (κ2) is 8.02. The summed E-state index contributed by atoms with van der Waals surface area (Å²) in [5, 5.41) is 3.03. The molecule has 6 heteroatoms. The Morgan fingerprint density at radius 3 is 2.89 bits per heavy atom. The molecule has 0 unspecified atom stereocenters. The van der Waals surface area contributed by atoms with Crippen LogP contribution in [-0.4, -0.2) is 56.2 Å². The molecule has 0 atom stereocenters. The summed E-state index contributed by atoms with van der Waals surface area (Å²) in [4.78, 5) is 17.6. The molecule has 1 aromatic rings. The maximum atomic E-state index is 11.6. The topological polar surface area (TPSA) is 54.5 Å². The fourth-order valence-electron chi connectivity index (χ4n) is 1.21. The average molecular weight is 272 g/mol. The Balaban J connectivity index is 2.18. The molecule has 0 bridgehead atoms. The number of carbonyl (C=O) groups excluding carboxylic acids is 1. The number of pyridine rings is 1. The van der Waals surface area contributed by atoms with Crippen LogP contribution in [0.25, 0.3) is 0 Å². The lowest BCUT2D eigenvalue weighted by atomic mass is 10.3. The molecule has 0 saturated carbocycles. The van der Waals surface area contributed by atoms with Gasteiger partial charge in [0.05, 0.1) is 13.2 Å². The predicted octanol–water partition coefficient (Wildman–Crippen LogP) is 1.04. The Hall–Kier alpha value is -1.17. The molecule has 1 amide bonds. The second-order valence-electron chi connectivity index (χ2n) is 4.02. The number of amides is 1. The highest BCUT2D eigenvalue weighted by Crippen LogP contribution is 2.04. The second-order valence-corrected chi connectivity index (χ2v) is 4.40. The van der Waals surface area contributed by atoms with Crippen molar-refractivity contribution in [2.45, 2.75) is 0 Å². The van der Waals surface area contributed by atoms with Gasteiger partial charge in [-0.05, 0) is 26.2 Å². The van der Waals surface area contributed by atoms with E-state index in [4.69, 9.17) is 16.3 Å². The zero-order valence-corrected chi connectivity index (χ0v) is 11.4. The molecular formula is C12H18ClN3O2. The zero-order chi connectivity index (χ0) is 13.4. The van der Waals surface area contributed by atoms with Crippen LogP contribution < -0.4 is 5.32 Å². The summed E-state index contributed by atoms with van der Waals surface area (Å²) in [6.45, 7) is 2.46. The molecule has 0 aliphatic carbocycles. The molecule has 0 aromatic carbocycles. The first-order chi connectivity index (χ1) is 8.59. The smallest absolute Gasteiger partial charge is 0.270 e. The Morgan fingerprint density at radius 1 is 1.44 bits per heavy atom. The Kier molecular flexibility index (Phi) is 6.64. The minimum absolute atomic E-state index is 0.242. The van der Waals surface area contributed by atoms with Crippen molar-refractivity contribution in [3.63, 3.8) is 0 Å². The summed E-state index contributed by atoms with van der Waals surface area (Å²) in [5.74, 6) is -0.242. The van der Waals surface area contributed by atoms with Gasteiger partial charge in [0.25, 0.3) is 5.91 Å². The first-order valence-electron chi connectivity index (χ1n) is 5.73. The van der Waals surface area contributed by atoms with E-state index in [1.165, 1.54) is 0 Å². The first-order valence-corrected chi connectivity index (χ1v) is 6.10. The van der Waals surface area contributed by atoms with E-state index < -0.39 is 0 Å². The van der Waals surface area contributed by atoms with Gasteiger partial charge in [-0.1, -0.05) is 17.7 Å². The lowest BCUT2D eigenvalue weighted by Gasteiger charge is -2.10. The number of hydrogen-bond acceptors (Lipinski definition) is 4. The molecule has 5 nitrogen and oxygen atoms in total. The van der Waals surface area contributed by atoms with Crippen LogP contribution in [-0.2, 0) is 4.74 Å². The largest absolute Gasteiger partial charge is 0.378 e. The summed E-state index contributed by atoms with van der Waals surface area (Å²) in [6.07, 6.45) is 0. The summed E-state index contributed by atoms with van der Waals surface area (Å²) < 4.78 is 5.35. The Labute approximate surface area is 112 Å². The highest BCUT2D eigenvalue weighted by atomic mass is 35.5. The van der Waals surface area contributed by atoms with Gasteiger partial charge in [0.1, 0.15) is 10.8 Å². The van der Waals surface area contributed by atoms with Crippen molar-refractivity contribution in [1.82, 2.24) is 15.2 Å². The summed E-state index contributed by atoms with van der Waals surface area (Å²) >= 11 is 5.70. The van der Waals surface area contributed by atoms with Crippen molar-refractivity contribution >= 4 is 17.5 Å². The van der Waals surface area contributed by atoms with Crippen LogP contribution in [0.1, 0.15) is 10.5 Å². The number of ether oxygens (including phenoxy) is 1. The lowest BCUT2D eigenvalue weighted by Crippen LogP contribution is -2.29. The van der Waals surface area contributed by atoms with Crippen molar-refractivity contribution in [3.05, 3.63) is 29.0 Å². The number of carbonyl (C=O) groups is 1. The van der Waals surface area contributed by atoms with Crippen molar-refractivity contribution in [2.24, 2.45) is 0 Å². The Bertz CT molecular complexity index is 385. The van der Waals surface area contributed by atoms with Crippen LogP contribution in [0.15, 0.2) is 18.2 Å². The number of likely N-dealkylation sites (N-methyl/N-ethyl adjacent to an activating group) is 1. The highest BCUT2D eigenvalue weighted by Gasteiger charge is 2.06. The molecule has 0 aliphatic rings. The van der Waals surface area contributed by atoms with E-state index in [0.29, 0.717) is 30.6 Å². The van der Waals surface area contributed by atoms with Crippen LogP contribution >= 0.6 is 11.6 Å². The van der Waals surface area contributed by atoms with Gasteiger partial charge < -0.3 is 15.0 Å². The summed E-state index contributed by atoms with van der Waals surface area (Å²) in [5.41, 5.74) is 0.316. The van der Waals surface area contributed by atoms with Gasteiger partial charge in [0, 0.05) is 13.1 Å². The molecule has 18 heavy (non-hydrogen) atoms. The lowest BCUT2D eigenvalue weighted by molar-refractivity contribution is 0.0896. The number of rotatable bonds is 7. The van der Waals surface area contributed by atoms with Crippen molar-refractivity contribution in [2.75, 3.05) is 40.4 Å². The normalized spacial score (nSPS) is 10.7. The molecule has 1 heterocycles. The third kappa shape index (κ3) is 5.95. The van der Waals surface area contributed by atoms with Crippen molar-refractivity contribution < 1.29 is 9.53 Å². The fraction of sp³-hybridized carbons (Fsp3) is 0.500. The molecule has 0 spiro atoms. The first kappa shape index (κ1) is 14.9. The van der Waals surface area contributed by atoms with Gasteiger partial charge >= 0.3 is 0 Å². The molecule has 0 aliphatic heterocycles. The molecule has 0 saturated heterocycles. The summed E-state index contributed by atoms with van der Waals surface area (Å²) in [6, 6.07) is 4.94. The number of halogens is 1. The van der Waals surface area contributed by atoms with Gasteiger partial charge in [-0.15, -0.1) is 0 Å². The number of nitrogens with zero attached hydrogens (tertiary/aromatic N) is 2. The fourth-order valence-corrected chi connectivity index (χ4v) is 1.37.